The minimum Gasteiger partial charge on any atom is -0.361 e. The van der Waals surface area contributed by atoms with Crippen molar-refractivity contribution < 1.29 is 22.8 Å². The lowest BCUT2D eigenvalue weighted by Gasteiger charge is -2.37. The minimum atomic E-state index is -3.74. The molecule has 2 aliphatic rings. The maximum Gasteiger partial charge on any atom is 0.245 e. The maximum absolute atomic E-state index is 13.5. The molecule has 0 spiro atoms. The van der Waals surface area contributed by atoms with Gasteiger partial charge < -0.3 is 20.5 Å². The summed E-state index contributed by atoms with van der Waals surface area (Å²) in [6.07, 6.45) is 1.87. The molecule has 36 heavy (non-hydrogen) atoms. The third-order valence-corrected chi connectivity index (χ3v) is 10.1. The van der Waals surface area contributed by atoms with Gasteiger partial charge in [0.25, 0.3) is 0 Å². The Labute approximate surface area is 209 Å². The molecule has 3 N–H and O–H groups in total. The SMILES string of the molecule is CC1(C)[C@@H](C(=O)N[C@@H](Cc2c[nH]c3ccccc23)C(=O)NCc2ccccc2)N2C(=O)CC2S1(=O)=O. The van der Waals surface area contributed by atoms with Gasteiger partial charge in [0.1, 0.15) is 17.5 Å². The van der Waals surface area contributed by atoms with Gasteiger partial charge in [-0.25, -0.2) is 8.42 Å². The molecule has 0 bridgehead atoms. The Morgan fingerprint density at radius 3 is 2.53 bits per heavy atom. The van der Waals surface area contributed by atoms with Crippen molar-refractivity contribution in [2.24, 2.45) is 0 Å². The van der Waals surface area contributed by atoms with E-state index in [1.165, 1.54) is 13.8 Å². The van der Waals surface area contributed by atoms with E-state index in [0.717, 1.165) is 26.9 Å². The molecule has 2 fully saturated rings. The summed E-state index contributed by atoms with van der Waals surface area (Å²) in [6.45, 7) is 3.20. The second-order valence-electron chi connectivity index (χ2n) is 9.84. The van der Waals surface area contributed by atoms with Gasteiger partial charge in [0.15, 0.2) is 9.84 Å². The minimum absolute atomic E-state index is 0.119. The lowest BCUT2D eigenvalue weighted by Crippen LogP contribution is -2.61. The third-order valence-electron chi connectivity index (χ3n) is 7.27. The number of hydrogen-bond acceptors (Lipinski definition) is 5. The molecule has 1 unspecified atom stereocenters. The predicted octanol–water partition coefficient (Wildman–Crippen LogP) is 1.65. The number of β-lactam (4-membered cyclic amide) rings is 1. The van der Waals surface area contributed by atoms with E-state index in [1.54, 1.807) is 6.20 Å². The Kier molecular flexibility index (Phi) is 5.86. The zero-order chi connectivity index (χ0) is 25.7. The fraction of sp³-hybridized carbons (Fsp3) is 0.346. The number of aromatic nitrogens is 1. The molecular weight excluding hydrogens is 480 g/mol. The van der Waals surface area contributed by atoms with Crippen molar-refractivity contribution in [1.29, 1.82) is 0 Å². The smallest absolute Gasteiger partial charge is 0.245 e. The zero-order valence-electron chi connectivity index (χ0n) is 20.0. The van der Waals surface area contributed by atoms with E-state index in [1.807, 2.05) is 54.6 Å². The van der Waals surface area contributed by atoms with E-state index in [-0.39, 0.29) is 25.3 Å². The topological polar surface area (TPSA) is 128 Å². The van der Waals surface area contributed by atoms with Gasteiger partial charge in [0.2, 0.25) is 17.7 Å². The van der Waals surface area contributed by atoms with E-state index in [2.05, 4.69) is 15.6 Å². The highest BCUT2D eigenvalue weighted by Crippen LogP contribution is 2.45. The number of amides is 3. The molecule has 0 radical (unpaired) electrons. The summed E-state index contributed by atoms with van der Waals surface area (Å²) in [5.74, 6) is -1.43. The van der Waals surface area contributed by atoms with Crippen molar-refractivity contribution in [3.63, 3.8) is 0 Å². The first-order valence-electron chi connectivity index (χ1n) is 11.8. The molecule has 3 aromatic rings. The highest BCUT2D eigenvalue weighted by atomic mass is 32.2. The van der Waals surface area contributed by atoms with Crippen molar-refractivity contribution >= 4 is 38.5 Å². The number of aromatic amines is 1. The largest absolute Gasteiger partial charge is 0.361 e. The predicted molar refractivity (Wildman–Crippen MR) is 134 cm³/mol. The normalized spacial score (nSPS) is 22.5. The summed E-state index contributed by atoms with van der Waals surface area (Å²) in [4.78, 5) is 43.4. The van der Waals surface area contributed by atoms with E-state index in [0.29, 0.717) is 0 Å². The number of para-hydroxylation sites is 1. The van der Waals surface area contributed by atoms with Gasteiger partial charge >= 0.3 is 0 Å². The Morgan fingerprint density at radius 2 is 1.81 bits per heavy atom. The fourth-order valence-corrected chi connectivity index (χ4v) is 7.28. The molecule has 3 atom stereocenters. The molecule has 3 amide bonds. The van der Waals surface area contributed by atoms with Crippen LogP contribution in [0.25, 0.3) is 10.9 Å². The molecule has 3 heterocycles. The Hall–Kier alpha value is -3.66. The molecule has 2 aromatic carbocycles. The first kappa shape index (κ1) is 24.1. The first-order chi connectivity index (χ1) is 17.1. The van der Waals surface area contributed by atoms with Gasteiger partial charge in [0.05, 0.1) is 11.2 Å². The number of H-pyrrole nitrogens is 1. The Bertz CT molecular complexity index is 1450. The molecule has 2 aliphatic heterocycles. The molecule has 2 saturated heterocycles. The highest BCUT2D eigenvalue weighted by molar-refractivity contribution is 7.93. The second-order valence-corrected chi connectivity index (χ2v) is 12.5. The number of fused-ring (bicyclic) bond motifs is 2. The average Bonchev–Trinajstić information content (AvgIpc) is 3.31. The summed E-state index contributed by atoms with van der Waals surface area (Å²) < 4.78 is 24.4. The van der Waals surface area contributed by atoms with E-state index in [9.17, 15) is 22.8 Å². The number of rotatable bonds is 7. The molecule has 188 valence electrons. The van der Waals surface area contributed by atoms with Crippen LogP contribution in [-0.2, 0) is 37.2 Å². The summed E-state index contributed by atoms with van der Waals surface area (Å²) in [7, 11) is -3.74. The quantitative estimate of drug-likeness (QED) is 0.418. The van der Waals surface area contributed by atoms with E-state index in [4.69, 9.17) is 0 Å². The number of nitrogens with zero attached hydrogens (tertiary/aromatic N) is 1. The molecule has 10 heteroatoms. The summed E-state index contributed by atoms with van der Waals surface area (Å²) in [5.41, 5.74) is 2.64. The molecule has 0 saturated carbocycles. The standard InChI is InChI=1S/C26H28N4O5S/c1-26(2)23(30-21(31)13-22(30)36(26,34)35)25(33)29-20(24(32)28-14-16-8-4-3-5-9-16)12-17-15-27-19-11-7-6-10-18(17)19/h3-11,15,20,22-23,27H,12-14H2,1-2H3,(H,28,32)(H,29,33)/t20-,22?,23+/m0/s1. The fourth-order valence-electron chi connectivity index (χ4n) is 5.14. The van der Waals surface area contributed by atoms with Crippen molar-refractivity contribution in [2.45, 2.75) is 55.4 Å². The zero-order valence-corrected chi connectivity index (χ0v) is 20.8. The second kappa shape index (κ2) is 8.77. The van der Waals surface area contributed by atoms with Crippen LogP contribution in [0.3, 0.4) is 0 Å². The van der Waals surface area contributed by atoms with Crippen LogP contribution < -0.4 is 10.6 Å². The van der Waals surface area contributed by atoms with Crippen LogP contribution in [0.1, 0.15) is 31.4 Å². The average molecular weight is 509 g/mol. The Balaban J connectivity index is 1.41. The van der Waals surface area contributed by atoms with Gasteiger partial charge in [-0.2, -0.15) is 0 Å². The number of nitrogens with one attached hydrogen (secondary N) is 3. The van der Waals surface area contributed by atoms with Crippen LogP contribution in [0.2, 0.25) is 0 Å². The molecule has 0 aliphatic carbocycles. The molecule has 5 rings (SSSR count). The number of benzene rings is 2. The van der Waals surface area contributed by atoms with Crippen LogP contribution in [0.5, 0.6) is 0 Å². The maximum atomic E-state index is 13.5. The van der Waals surface area contributed by atoms with Crippen LogP contribution in [-0.4, -0.2) is 58.2 Å². The van der Waals surface area contributed by atoms with Crippen molar-refractivity contribution in [3.05, 3.63) is 71.9 Å². The monoisotopic (exact) mass is 508 g/mol. The number of hydrogen-bond donors (Lipinski definition) is 3. The lowest BCUT2D eigenvalue weighted by molar-refractivity contribution is -0.150. The Morgan fingerprint density at radius 1 is 1.11 bits per heavy atom. The van der Waals surface area contributed by atoms with Gasteiger partial charge in [0, 0.05) is 30.1 Å². The van der Waals surface area contributed by atoms with E-state index >= 15 is 0 Å². The highest BCUT2D eigenvalue weighted by Gasteiger charge is 2.67. The number of sulfone groups is 1. The van der Waals surface area contributed by atoms with Crippen LogP contribution in [0, 0.1) is 0 Å². The number of carbonyl (C=O) groups excluding carboxylic acids is 3. The van der Waals surface area contributed by atoms with Crippen molar-refractivity contribution in [3.8, 4) is 0 Å². The van der Waals surface area contributed by atoms with Gasteiger partial charge in [-0.1, -0.05) is 48.5 Å². The molecule has 9 nitrogen and oxygen atoms in total. The molecular formula is C26H28N4O5S. The van der Waals surface area contributed by atoms with Crippen molar-refractivity contribution in [2.75, 3.05) is 0 Å². The van der Waals surface area contributed by atoms with Gasteiger partial charge in [-0.3, -0.25) is 14.4 Å². The summed E-state index contributed by atoms with van der Waals surface area (Å²) >= 11 is 0. The molecule has 1 aromatic heterocycles. The van der Waals surface area contributed by atoms with Gasteiger partial charge in [-0.15, -0.1) is 0 Å². The van der Waals surface area contributed by atoms with Crippen molar-refractivity contribution in [1.82, 2.24) is 20.5 Å². The van der Waals surface area contributed by atoms with E-state index < -0.39 is 43.9 Å². The summed E-state index contributed by atoms with van der Waals surface area (Å²) in [5, 5.41) is 5.58. The van der Waals surface area contributed by atoms with Gasteiger partial charge in [-0.05, 0) is 31.0 Å². The number of carbonyl (C=O) groups is 3. The summed E-state index contributed by atoms with van der Waals surface area (Å²) in [6, 6.07) is 14.8. The van der Waals surface area contributed by atoms with Crippen LogP contribution in [0.15, 0.2) is 60.8 Å². The van der Waals surface area contributed by atoms with Crippen LogP contribution >= 0.6 is 0 Å². The lowest BCUT2D eigenvalue weighted by atomic mass is 9.96. The first-order valence-corrected chi connectivity index (χ1v) is 13.4. The third kappa shape index (κ3) is 3.85. The van der Waals surface area contributed by atoms with Crippen LogP contribution in [0.4, 0.5) is 0 Å².